The van der Waals surface area contributed by atoms with Crippen molar-refractivity contribution >= 4 is 28.2 Å². The standard InChI is InChI=1S/C27H37N5OS/c1-3-17-16-32-13-11-18(17)14-25(32)26(31-27(34)30-24-7-5-4-6-22(24)28)20-10-12-29-23-9-8-19(33-2)15-21(20)23/h3,8-10,12,15,17-18,22,24-26H,1,4-7,11,13-14,16,28H2,2H3,(H2,30,31,34)/t17-,18-,22+,24+,25-,26-/m0/s1. The Morgan fingerprint density at radius 1 is 1.29 bits per heavy atom. The molecule has 4 heterocycles. The molecule has 1 unspecified atom stereocenters. The smallest absolute Gasteiger partial charge is 0.167 e. The van der Waals surface area contributed by atoms with Crippen molar-refractivity contribution in [2.45, 2.75) is 62.7 Å². The van der Waals surface area contributed by atoms with Gasteiger partial charge in [0, 0.05) is 36.3 Å². The summed E-state index contributed by atoms with van der Waals surface area (Å²) in [6, 6.07) is 9.04. The van der Waals surface area contributed by atoms with Crippen molar-refractivity contribution in [3.8, 4) is 5.75 Å². The van der Waals surface area contributed by atoms with Crippen LogP contribution in [0.15, 0.2) is 43.1 Å². The number of hydrogen-bond acceptors (Lipinski definition) is 5. The van der Waals surface area contributed by atoms with Crippen molar-refractivity contribution in [1.82, 2.24) is 20.5 Å². The zero-order chi connectivity index (χ0) is 23.7. The Hall–Kier alpha value is -2.22. The molecule has 6 rings (SSSR count). The molecule has 3 saturated heterocycles. The predicted molar refractivity (Wildman–Crippen MR) is 142 cm³/mol. The molecule has 1 saturated carbocycles. The SMILES string of the molecule is C=C[C@H]1CN2CC[C@H]1C[C@H]2[C@@H](NC(=S)N[C@@H]1CCCC[C@H]1N)c1ccnc2ccc(OC)cc12. The van der Waals surface area contributed by atoms with E-state index in [-0.39, 0.29) is 18.1 Å². The Balaban J connectivity index is 1.47. The molecular weight excluding hydrogens is 442 g/mol. The summed E-state index contributed by atoms with van der Waals surface area (Å²) in [6.07, 6.45) is 11.0. The van der Waals surface area contributed by atoms with E-state index in [1.165, 1.54) is 24.8 Å². The second-order valence-corrected chi connectivity index (χ2v) is 10.6. The maximum absolute atomic E-state index is 6.41. The molecule has 7 atom stereocenters. The molecule has 3 aliphatic heterocycles. The van der Waals surface area contributed by atoms with Crippen molar-refractivity contribution < 1.29 is 4.74 Å². The molecule has 0 radical (unpaired) electrons. The summed E-state index contributed by atoms with van der Waals surface area (Å²) in [5, 5.41) is 9.12. The number of fused-ring (bicyclic) bond motifs is 4. The van der Waals surface area contributed by atoms with Gasteiger partial charge in [0.25, 0.3) is 0 Å². The highest BCUT2D eigenvalue weighted by Crippen LogP contribution is 2.42. The van der Waals surface area contributed by atoms with Crippen LogP contribution in [-0.2, 0) is 0 Å². The van der Waals surface area contributed by atoms with E-state index < -0.39 is 0 Å². The molecule has 0 amide bonds. The van der Waals surface area contributed by atoms with Crippen LogP contribution < -0.4 is 21.1 Å². The summed E-state index contributed by atoms with van der Waals surface area (Å²) in [7, 11) is 1.71. The van der Waals surface area contributed by atoms with Gasteiger partial charge in [0.15, 0.2) is 5.11 Å². The number of benzene rings is 1. The second kappa shape index (κ2) is 10.2. The van der Waals surface area contributed by atoms with Gasteiger partial charge < -0.3 is 21.1 Å². The fraction of sp³-hybridized carbons (Fsp3) is 0.556. The van der Waals surface area contributed by atoms with Gasteiger partial charge in [-0.25, -0.2) is 0 Å². The Bertz CT molecular complexity index is 1040. The molecule has 1 aliphatic carbocycles. The zero-order valence-electron chi connectivity index (χ0n) is 20.1. The van der Waals surface area contributed by atoms with E-state index in [2.05, 4.69) is 45.3 Å². The van der Waals surface area contributed by atoms with Gasteiger partial charge in [-0.15, -0.1) is 6.58 Å². The van der Waals surface area contributed by atoms with E-state index in [9.17, 15) is 0 Å². The minimum atomic E-state index is 0.0472. The largest absolute Gasteiger partial charge is 0.497 e. The number of ether oxygens (including phenoxy) is 1. The minimum Gasteiger partial charge on any atom is -0.497 e. The number of nitrogens with one attached hydrogen (secondary N) is 2. The van der Waals surface area contributed by atoms with Gasteiger partial charge in [0.1, 0.15) is 5.75 Å². The molecule has 34 heavy (non-hydrogen) atoms. The fourth-order valence-corrected chi connectivity index (χ4v) is 6.62. The number of aromatic nitrogens is 1. The number of methoxy groups -OCH3 is 1. The quantitative estimate of drug-likeness (QED) is 0.428. The maximum atomic E-state index is 6.41. The Morgan fingerprint density at radius 2 is 2.15 bits per heavy atom. The molecule has 1 aromatic carbocycles. The van der Waals surface area contributed by atoms with Crippen LogP contribution in [0, 0.1) is 11.8 Å². The molecule has 7 heteroatoms. The van der Waals surface area contributed by atoms with Crippen LogP contribution in [0.25, 0.3) is 10.9 Å². The van der Waals surface area contributed by atoms with E-state index in [0.29, 0.717) is 23.0 Å². The van der Waals surface area contributed by atoms with Gasteiger partial charge in [-0.05, 0) is 86.1 Å². The van der Waals surface area contributed by atoms with Gasteiger partial charge in [0.2, 0.25) is 0 Å². The fourth-order valence-electron chi connectivity index (χ4n) is 6.34. The minimum absolute atomic E-state index is 0.0472. The molecule has 6 nitrogen and oxygen atoms in total. The van der Waals surface area contributed by atoms with E-state index in [1.807, 2.05) is 18.3 Å². The van der Waals surface area contributed by atoms with Gasteiger partial charge in [-0.3, -0.25) is 9.88 Å². The summed E-state index contributed by atoms with van der Waals surface area (Å²) >= 11 is 5.88. The van der Waals surface area contributed by atoms with Gasteiger partial charge in [-0.1, -0.05) is 18.9 Å². The third kappa shape index (κ3) is 4.66. The van der Waals surface area contributed by atoms with E-state index >= 15 is 0 Å². The van der Waals surface area contributed by atoms with Crippen LogP contribution in [0.4, 0.5) is 0 Å². The Kier molecular flexibility index (Phi) is 7.04. The summed E-state index contributed by atoms with van der Waals surface area (Å²) in [5.74, 6) is 2.09. The first-order chi connectivity index (χ1) is 16.6. The number of rotatable bonds is 6. The number of hydrogen-bond donors (Lipinski definition) is 3. The van der Waals surface area contributed by atoms with Crippen LogP contribution in [-0.4, -0.2) is 53.3 Å². The topological polar surface area (TPSA) is 75.4 Å². The van der Waals surface area contributed by atoms with Crippen LogP contribution in [0.3, 0.4) is 0 Å². The first-order valence-electron chi connectivity index (χ1n) is 12.7. The first-order valence-corrected chi connectivity index (χ1v) is 13.1. The average molecular weight is 480 g/mol. The molecule has 4 aliphatic rings. The molecule has 2 bridgehead atoms. The lowest BCUT2D eigenvalue weighted by atomic mass is 9.73. The molecule has 0 spiro atoms. The van der Waals surface area contributed by atoms with Gasteiger partial charge in [0.05, 0.1) is 18.7 Å². The summed E-state index contributed by atoms with van der Waals surface area (Å²) in [5.41, 5.74) is 8.60. The van der Waals surface area contributed by atoms with Crippen LogP contribution in [0.1, 0.15) is 50.1 Å². The maximum Gasteiger partial charge on any atom is 0.167 e. The highest BCUT2D eigenvalue weighted by Gasteiger charge is 2.43. The van der Waals surface area contributed by atoms with Crippen molar-refractivity contribution in [3.63, 3.8) is 0 Å². The van der Waals surface area contributed by atoms with Crippen LogP contribution in [0.5, 0.6) is 5.75 Å². The van der Waals surface area contributed by atoms with Crippen molar-refractivity contribution in [3.05, 3.63) is 48.7 Å². The number of thiocarbonyl (C=S) groups is 1. The predicted octanol–water partition coefficient (Wildman–Crippen LogP) is 3.91. The van der Waals surface area contributed by atoms with E-state index in [0.717, 1.165) is 49.0 Å². The molecule has 4 N–H and O–H groups in total. The number of piperidine rings is 3. The second-order valence-electron chi connectivity index (χ2n) is 10.2. The van der Waals surface area contributed by atoms with Crippen molar-refractivity contribution in [2.24, 2.45) is 17.6 Å². The first kappa shape index (κ1) is 23.5. The number of nitrogens with two attached hydrogens (primary N) is 1. The Labute approximate surface area is 208 Å². The number of pyridine rings is 1. The highest BCUT2D eigenvalue weighted by molar-refractivity contribution is 7.80. The van der Waals surface area contributed by atoms with E-state index in [1.54, 1.807) is 7.11 Å². The summed E-state index contributed by atoms with van der Waals surface area (Å²) in [4.78, 5) is 7.26. The molecule has 2 aromatic rings. The normalized spacial score (nSPS) is 31.6. The third-order valence-electron chi connectivity index (χ3n) is 8.28. The van der Waals surface area contributed by atoms with Crippen LogP contribution in [0.2, 0.25) is 0 Å². The summed E-state index contributed by atoms with van der Waals surface area (Å²) in [6.45, 7) is 6.29. The summed E-state index contributed by atoms with van der Waals surface area (Å²) < 4.78 is 5.55. The van der Waals surface area contributed by atoms with Gasteiger partial charge >= 0.3 is 0 Å². The Morgan fingerprint density at radius 3 is 2.88 bits per heavy atom. The van der Waals surface area contributed by atoms with Crippen LogP contribution >= 0.6 is 12.2 Å². The lowest BCUT2D eigenvalue weighted by Crippen LogP contribution is -2.59. The lowest BCUT2D eigenvalue weighted by molar-refractivity contribution is 0.00425. The highest BCUT2D eigenvalue weighted by atomic mass is 32.1. The third-order valence-corrected chi connectivity index (χ3v) is 8.51. The molecular formula is C27H37N5OS. The lowest BCUT2D eigenvalue weighted by Gasteiger charge is -2.52. The van der Waals surface area contributed by atoms with E-state index in [4.69, 9.17) is 22.7 Å². The molecule has 182 valence electrons. The zero-order valence-corrected chi connectivity index (χ0v) is 20.9. The van der Waals surface area contributed by atoms with Crippen molar-refractivity contribution in [2.75, 3.05) is 20.2 Å². The average Bonchev–Trinajstić information content (AvgIpc) is 2.88. The monoisotopic (exact) mass is 479 g/mol. The van der Waals surface area contributed by atoms with Gasteiger partial charge in [-0.2, -0.15) is 0 Å². The molecule has 4 fully saturated rings. The number of nitrogens with zero attached hydrogens (tertiary/aromatic N) is 2. The molecule has 1 aromatic heterocycles. The van der Waals surface area contributed by atoms with Crippen molar-refractivity contribution in [1.29, 1.82) is 0 Å².